The minimum absolute atomic E-state index is 0.635. The molecule has 3 nitrogen and oxygen atoms in total. The van der Waals surface area contributed by atoms with Crippen LogP contribution in [0.4, 0.5) is 0 Å². The summed E-state index contributed by atoms with van der Waals surface area (Å²) >= 11 is 4.89. The lowest BCUT2D eigenvalue weighted by atomic mass is 10.1. The molecule has 0 aliphatic rings. The van der Waals surface area contributed by atoms with Gasteiger partial charge in [0.25, 0.3) is 0 Å². The maximum absolute atomic E-state index is 5.50. The van der Waals surface area contributed by atoms with E-state index in [-0.39, 0.29) is 0 Å². The molecule has 0 unspecified atom stereocenters. The Morgan fingerprint density at radius 2 is 1.88 bits per heavy atom. The van der Waals surface area contributed by atoms with Gasteiger partial charge in [-0.15, -0.1) is 0 Å². The van der Waals surface area contributed by atoms with Crippen LogP contribution in [0.15, 0.2) is 0 Å². The molecule has 0 fully saturated rings. The fraction of sp³-hybridized carbons (Fsp3) is 0.923. The topological polar surface area (TPSA) is 38.5 Å². The van der Waals surface area contributed by atoms with Gasteiger partial charge in [-0.3, -0.25) is 4.90 Å². The van der Waals surface area contributed by atoms with Crippen molar-refractivity contribution < 1.29 is 4.74 Å². The summed E-state index contributed by atoms with van der Waals surface area (Å²) < 4.78 is 5.17. The van der Waals surface area contributed by atoms with Crippen LogP contribution in [-0.2, 0) is 4.74 Å². The SMILES string of the molecule is CCC(CC)N(CCCCC(N)=S)CCOC. The molecule has 0 atom stereocenters. The quantitative estimate of drug-likeness (QED) is 0.458. The molecular formula is C13H28N2OS. The van der Waals surface area contributed by atoms with Gasteiger partial charge in [0.05, 0.1) is 11.6 Å². The molecule has 0 saturated heterocycles. The summed E-state index contributed by atoms with van der Waals surface area (Å²) in [5.74, 6) is 0. The molecule has 0 spiro atoms. The van der Waals surface area contributed by atoms with Crippen molar-refractivity contribution in [1.29, 1.82) is 0 Å². The number of nitrogens with two attached hydrogens (primary N) is 1. The van der Waals surface area contributed by atoms with Crippen molar-refractivity contribution in [3.05, 3.63) is 0 Å². The molecule has 0 aromatic rings. The van der Waals surface area contributed by atoms with Gasteiger partial charge in [-0.05, 0) is 38.6 Å². The number of unbranched alkanes of at least 4 members (excludes halogenated alkanes) is 1. The van der Waals surface area contributed by atoms with E-state index in [0.29, 0.717) is 11.0 Å². The lowest BCUT2D eigenvalue weighted by Gasteiger charge is -2.30. The third kappa shape index (κ3) is 8.52. The zero-order chi connectivity index (χ0) is 13.1. The molecule has 0 aromatic heterocycles. The van der Waals surface area contributed by atoms with Gasteiger partial charge in [-0.25, -0.2) is 0 Å². The summed E-state index contributed by atoms with van der Waals surface area (Å²) in [5, 5.41) is 0. The summed E-state index contributed by atoms with van der Waals surface area (Å²) in [6.07, 6.45) is 5.54. The van der Waals surface area contributed by atoms with E-state index in [9.17, 15) is 0 Å². The molecule has 2 N–H and O–H groups in total. The molecule has 0 rings (SSSR count). The third-order valence-electron chi connectivity index (χ3n) is 3.16. The highest BCUT2D eigenvalue weighted by Gasteiger charge is 2.13. The van der Waals surface area contributed by atoms with E-state index in [1.54, 1.807) is 7.11 Å². The molecule has 0 radical (unpaired) electrons. The smallest absolute Gasteiger partial charge is 0.0727 e. The summed E-state index contributed by atoms with van der Waals surface area (Å²) in [7, 11) is 1.76. The Bertz CT molecular complexity index is 196. The minimum atomic E-state index is 0.635. The van der Waals surface area contributed by atoms with Crippen LogP contribution in [0.1, 0.15) is 46.0 Å². The lowest BCUT2D eigenvalue weighted by molar-refractivity contribution is 0.114. The van der Waals surface area contributed by atoms with E-state index in [1.165, 1.54) is 12.8 Å². The monoisotopic (exact) mass is 260 g/mol. The fourth-order valence-corrected chi connectivity index (χ4v) is 2.25. The number of rotatable bonds is 11. The van der Waals surface area contributed by atoms with Crippen LogP contribution in [0, 0.1) is 0 Å². The molecule has 0 aromatic carbocycles. The molecular weight excluding hydrogens is 232 g/mol. The number of hydrogen-bond acceptors (Lipinski definition) is 3. The van der Waals surface area contributed by atoms with E-state index in [2.05, 4.69) is 18.7 Å². The van der Waals surface area contributed by atoms with Crippen molar-refractivity contribution >= 4 is 17.2 Å². The van der Waals surface area contributed by atoms with E-state index >= 15 is 0 Å². The predicted molar refractivity (Wildman–Crippen MR) is 78.5 cm³/mol. The molecule has 0 amide bonds. The summed E-state index contributed by atoms with van der Waals surface area (Å²) in [6, 6.07) is 0.676. The highest BCUT2D eigenvalue weighted by molar-refractivity contribution is 7.80. The average molecular weight is 260 g/mol. The number of hydrogen-bond donors (Lipinski definition) is 1. The first-order valence-corrected chi connectivity index (χ1v) is 7.07. The third-order valence-corrected chi connectivity index (χ3v) is 3.36. The van der Waals surface area contributed by atoms with Gasteiger partial charge in [-0.2, -0.15) is 0 Å². The second-order valence-electron chi connectivity index (χ2n) is 4.42. The molecule has 0 saturated carbocycles. The second-order valence-corrected chi connectivity index (χ2v) is 4.95. The second kappa shape index (κ2) is 10.9. The maximum Gasteiger partial charge on any atom is 0.0727 e. The fourth-order valence-electron chi connectivity index (χ4n) is 2.10. The van der Waals surface area contributed by atoms with Gasteiger partial charge < -0.3 is 10.5 Å². The minimum Gasteiger partial charge on any atom is -0.393 e. The summed E-state index contributed by atoms with van der Waals surface area (Å²) in [5.41, 5.74) is 5.50. The maximum atomic E-state index is 5.50. The van der Waals surface area contributed by atoms with Crippen LogP contribution < -0.4 is 5.73 Å². The van der Waals surface area contributed by atoms with Crippen LogP contribution in [0.2, 0.25) is 0 Å². The van der Waals surface area contributed by atoms with E-state index in [0.717, 1.165) is 39.0 Å². The first-order chi connectivity index (χ1) is 8.15. The Balaban J connectivity index is 3.95. The number of ether oxygens (including phenoxy) is 1. The molecule has 17 heavy (non-hydrogen) atoms. The summed E-state index contributed by atoms with van der Waals surface area (Å²) in [4.78, 5) is 3.17. The summed E-state index contributed by atoms with van der Waals surface area (Å²) in [6.45, 7) is 7.46. The Morgan fingerprint density at radius 1 is 1.24 bits per heavy atom. The highest BCUT2D eigenvalue weighted by atomic mass is 32.1. The van der Waals surface area contributed by atoms with E-state index in [1.807, 2.05) is 0 Å². The van der Waals surface area contributed by atoms with E-state index < -0.39 is 0 Å². The Kier molecular flexibility index (Phi) is 10.8. The van der Waals surface area contributed by atoms with Gasteiger partial charge in [-0.1, -0.05) is 26.1 Å². The van der Waals surface area contributed by atoms with Crippen molar-refractivity contribution in [3.8, 4) is 0 Å². The molecule has 0 aliphatic carbocycles. The zero-order valence-electron chi connectivity index (χ0n) is 11.6. The molecule has 102 valence electrons. The van der Waals surface area contributed by atoms with Crippen LogP contribution in [0.25, 0.3) is 0 Å². The van der Waals surface area contributed by atoms with Crippen LogP contribution in [-0.4, -0.2) is 42.7 Å². The normalized spacial score (nSPS) is 11.4. The standard InChI is InChI=1S/C13H28N2OS/c1-4-12(5-2)15(10-11-16-3)9-7-6-8-13(14)17/h12H,4-11H2,1-3H3,(H2,14,17). The largest absolute Gasteiger partial charge is 0.393 e. The average Bonchev–Trinajstić information content (AvgIpc) is 2.31. The predicted octanol–water partition coefficient (Wildman–Crippen LogP) is 2.58. The van der Waals surface area contributed by atoms with Crippen molar-refractivity contribution in [2.75, 3.05) is 26.8 Å². The van der Waals surface area contributed by atoms with Gasteiger partial charge in [0.15, 0.2) is 0 Å². The first kappa shape index (κ1) is 16.8. The van der Waals surface area contributed by atoms with Crippen LogP contribution in [0.5, 0.6) is 0 Å². The van der Waals surface area contributed by atoms with Crippen molar-refractivity contribution in [2.45, 2.75) is 52.0 Å². The number of nitrogens with zero attached hydrogens (tertiary/aromatic N) is 1. The van der Waals surface area contributed by atoms with Crippen molar-refractivity contribution in [2.24, 2.45) is 5.73 Å². The Labute approximate surface area is 112 Å². The van der Waals surface area contributed by atoms with E-state index in [4.69, 9.17) is 22.7 Å². The van der Waals surface area contributed by atoms with Crippen molar-refractivity contribution in [1.82, 2.24) is 4.90 Å². The van der Waals surface area contributed by atoms with Crippen LogP contribution >= 0.6 is 12.2 Å². The van der Waals surface area contributed by atoms with Gasteiger partial charge >= 0.3 is 0 Å². The number of thiocarbonyl (C=S) groups is 1. The van der Waals surface area contributed by atoms with Crippen LogP contribution in [0.3, 0.4) is 0 Å². The molecule has 0 heterocycles. The number of methoxy groups -OCH3 is 1. The lowest BCUT2D eigenvalue weighted by Crippen LogP contribution is -2.37. The van der Waals surface area contributed by atoms with Gasteiger partial charge in [0.2, 0.25) is 0 Å². The molecule has 4 heteroatoms. The Hall–Kier alpha value is -0.190. The van der Waals surface area contributed by atoms with Gasteiger partial charge in [0, 0.05) is 19.7 Å². The first-order valence-electron chi connectivity index (χ1n) is 6.66. The zero-order valence-corrected chi connectivity index (χ0v) is 12.4. The molecule has 0 bridgehead atoms. The molecule has 0 aliphatic heterocycles. The van der Waals surface area contributed by atoms with Gasteiger partial charge in [0.1, 0.15) is 0 Å². The Morgan fingerprint density at radius 3 is 2.35 bits per heavy atom. The highest BCUT2D eigenvalue weighted by Crippen LogP contribution is 2.10. The van der Waals surface area contributed by atoms with Crippen molar-refractivity contribution in [3.63, 3.8) is 0 Å².